The molecule has 1 fully saturated rings. The monoisotopic (exact) mass is 356 g/mol. The maximum atomic E-state index is 12.2. The molecule has 24 heavy (non-hydrogen) atoms. The van der Waals surface area contributed by atoms with E-state index in [0.717, 1.165) is 36.4 Å². The number of carbonyl (C=O) groups excluding carboxylic acids is 1. The van der Waals surface area contributed by atoms with Crippen molar-refractivity contribution >= 4 is 24.0 Å². The lowest BCUT2D eigenvalue weighted by Crippen LogP contribution is -2.28. The van der Waals surface area contributed by atoms with Gasteiger partial charge in [0.05, 0.1) is 0 Å². The van der Waals surface area contributed by atoms with Crippen molar-refractivity contribution < 1.29 is 14.3 Å². The third-order valence-corrected chi connectivity index (χ3v) is 3.95. The first-order chi connectivity index (χ1) is 11.1. The highest BCUT2D eigenvalue weighted by Crippen LogP contribution is 2.23. The van der Waals surface area contributed by atoms with Crippen LogP contribution in [-0.2, 0) is 9.53 Å². The third-order valence-electron chi connectivity index (χ3n) is 3.95. The molecule has 0 aliphatic carbocycles. The van der Waals surface area contributed by atoms with Gasteiger partial charge in [-0.2, -0.15) is 0 Å². The number of anilines is 1. The molecule has 6 heteroatoms. The van der Waals surface area contributed by atoms with E-state index in [1.165, 1.54) is 0 Å². The van der Waals surface area contributed by atoms with Gasteiger partial charge in [-0.05, 0) is 43.5 Å². The summed E-state index contributed by atoms with van der Waals surface area (Å²) in [5.41, 5.74) is 1.85. The first-order valence-electron chi connectivity index (χ1n) is 8.41. The number of carbonyl (C=O) groups is 1. The van der Waals surface area contributed by atoms with Crippen molar-refractivity contribution in [2.45, 2.75) is 39.7 Å². The molecule has 0 radical (unpaired) electrons. The SMILES string of the molecule is Cc1cc(NC(=O)C2CCOCC2)ccc1OCCNC(C)C.Cl. The van der Waals surface area contributed by atoms with Crippen molar-refractivity contribution in [3.8, 4) is 5.75 Å². The van der Waals surface area contributed by atoms with Gasteiger partial charge in [-0.15, -0.1) is 12.4 Å². The largest absolute Gasteiger partial charge is 0.492 e. The topological polar surface area (TPSA) is 59.6 Å². The van der Waals surface area contributed by atoms with Crippen molar-refractivity contribution in [2.24, 2.45) is 5.92 Å². The summed E-state index contributed by atoms with van der Waals surface area (Å²) in [6.07, 6.45) is 1.60. The van der Waals surface area contributed by atoms with Crippen LogP contribution >= 0.6 is 12.4 Å². The Kier molecular flexibility index (Phi) is 9.11. The smallest absolute Gasteiger partial charge is 0.227 e. The Morgan fingerprint density at radius 3 is 2.67 bits per heavy atom. The molecular formula is C18H29ClN2O3. The van der Waals surface area contributed by atoms with Crippen LogP contribution in [0.1, 0.15) is 32.3 Å². The molecule has 2 rings (SSSR count). The minimum absolute atomic E-state index is 0. The van der Waals surface area contributed by atoms with Gasteiger partial charge in [0.25, 0.3) is 0 Å². The first kappa shape index (κ1) is 20.7. The Labute approximate surface area is 150 Å². The number of aryl methyl sites for hydroxylation is 1. The molecule has 0 bridgehead atoms. The highest BCUT2D eigenvalue weighted by atomic mass is 35.5. The predicted octanol–water partition coefficient (Wildman–Crippen LogP) is 3.16. The zero-order valence-electron chi connectivity index (χ0n) is 14.8. The van der Waals surface area contributed by atoms with Crippen molar-refractivity contribution in [3.63, 3.8) is 0 Å². The van der Waals surface area contributed by atoms with Gasteiger partial charge in [0.2, 0.25) is 5.91 Å². The molecule has 1 aromatic carbocycles. The second-order valence-corrected chi connectivity index (χ2v) is 6.31. The lowest BCUT2D eigenvalue weighted by molar-refractivity contribution is -0.122. The number of hydrogen-bond donors (Lipinski definition) is 2. The Morgan fingerprint density at radius 1 is 1.33 bits per heavy atom. The summed E-state index contributed by atoms with van der Waals surface area (Å²) in [6, 6.07) is 6.24. The molecule has 0 unspecified atom stereocenters. The standard InChI is InChI=1S/C18H28N2O3.ClH/c1-13(2)19-8-11-23-17-5-4-16(12-14(17)3)20-18(21)15-6-9-22-10-7-15;/h4-5,12-13,15,19H,6-11H2,1-3H3,(H,20,21);1H. The van der Waals surface area contributed by atoms with Crippen molar-refractivity contribution in [3.05, 3.63) is 23.8 Å². The molecular weight excluding hydrogens is 328 g/mol. The fourth-order valence-electron chi connectivity index (χ4n) is 2.60. The number of halogens is 1. The summed E-state index contributed by atoms with van der Waals surface area (Å²) in [4.78, 5) is 12.2. The van der Waals surface area contributed by atoms with E-state index in [9.17, 15) is 4.79 Å². The molecule has 5 nitrogen and oxygen atoms in total. The maximum absolute atomic E-state index is 12.2. The molecule has 1 amide bonds. The zero-order chi connectivity index (χ0) is 16.7. The summed E-state index contributed by atoms with van der Waals surface area (Å²) in [6.45, 7) is 9.02. The van der Waals surface area contributed by atoms with Crippen LogP contribution in [-0.4, -0.2) is 38.3 Å². The van der Waals surface area contributed by atoms with Crippen LogP contribution in [0.4, 0.5) is 5.69 Å². The molecule has 0 atom stereocenters. The van der Waals surface area contributed by atoms with Gasteiger partial charge >= 0.3 is 0 Å². The van der Waals surface area contributed by atoms with E-state index in [4.69, 9.17) is 9.47 Å². The summed E-state index contributed by atoms with van der Waals surface area (Å²) in [7, 11) is 0. The van der Waals surface area contributed by atoms with E-state index in [-0.39, 0.29) is 24.2 Å². The molecule has 0 spiro atoms. The second kappa shape index (κ2) is 10.5. The summed E-state index contributed by atoms with van der Waals surface area (Å²) < 4.78 is 11.1. The van der Waals surface area contributed by atoms with Crippen LogP contribution in [0.25, 0.3) is 0 Å². The van der Waals surface area contributed by atoms with Gasteiger partial charge in [-0.25, -0.2) is 0 Å². The molecule has 2 N–H and O–H groups in total. The third kappa shape index (κ3) is 6.67. The molecule has 1 aliphatic heterocycles. The lowest BCUT2D eigenvalue weighted by Gasteiger charge is -2.21. The van der Waals surface area contributed by atoms with Crippen LogP contribution < -0.4 is 15.4 Å². The van der Waals surface area contributed by atoms with Crippen molar-refractivity contribution in [2.75, 3.05) is 31.7 Å². The minimum atomic E-state index is 0. The number of ether oxygens (including phenoxy) is 2. The van der Waals surface area contributed by atoms with E-state index in [1.807, 2.05) is 25.1 Å². The summed E-state index contributed by atoms with van der Waals surface area (Å²) in [5, 5.41) is 6.32. The Balaban J connectivity index is 0.00000288. The zero-order valence-corrected chi connectivity index (χ0v) is 15.6. The molecule has 1 aliphatic rings. The van der Waals surface area contributed by atoms with Gasteiger partial charge in [-0.1, -0.05) is 13.8 Å². The Bertz CT molecular complexity index is 517. The highest BCUT2D eigenvalue weighted by Gasteiger charge is 2.21. The Hall–Kier alpha value is -1.30. The van der Waals surface area contributed by atoms with Gasteiger partial charge in [0.15, 0.2) is 0 Å². The van der Waals surface area contributed by atoms with Gasteiger partial charge in [0.1, 0.15) is 12.4 Å². The van der Waals surface area contributed by atoms with Gasteiger partial charge < -0.3 is 20.1 Å². The minimum Gasteiger partial charge on any atom is -0.492 e. The van der Waals surface area contributed by atoms with Crippen LogP contribution in [0, 0.1) is 12.8 Å². The number of rotatable bonds is 7. The van der Waals surface area contributed by atoms with Crippen LogP contribution in [0.15, 0.2) is 18.2 Å². The molecule has 136 valence electrons. The van der Waals surface area contributed by atoms with Crippen LogP contribution in [0.2, 0.25) is 0 Å². The number of nitrogens with one attached hydrogen (secondary N) is 2. The highest BCUT2D eigenvalue weighted by molar-refractivity contribution is 5.92. The van der Waals surface area contributed by atoms with E-state index < -0.39 is 0 Å². The number of benzene rings is 1. The summed E-state index contributed by atoms with van der Waals surface area (Å²) >= 11 is 0. The van der Waals surface area contributed by atoms with E-state index >= 15 is 0 Å². The van der Waals surface area contributed by atoms with Crippen molar-refractivity contribution in [1.29, 1.82) is 0 Å². The fourth-order valence-corrected chi connectivity index (χ4v) is 2.60. The van der Waals surface area contributed by atoms with E-state index in [1.54, 1.807) is 0 Å². The lowest BCUT2D eigenvalue weighted by atomic mass is 9.99. The molecule has 0 aromatic heterocycles. The summed E-state index contributed by atoms with van der Waals surface area (Å²) in [5.74, 6) is 1.00. The quantitative estimate of drug-likeness (QED) is 0.737. The van der Waals surface area contributed by atoms with E-state index in [0.29, 0.717) is 25.9 Å². The van der Waals surface area contributed by atoms with E-state index in [2.05, 4.69) is 24.5 Å². The predicted molar refractivity (Wildman–Crippen MR) is 99.2 cm³/mol. The van der Waals surface area contributed by atoms with Crippen LogP contribution in [0.3, 0.4) is 0 Å². The normalized spacial score (nSPS) is 15.0. The first-order valence-corrected chi connectivity index (χ1v) is 8.41. The van der Waals surface area contributed by atoms with Gasteiger partial charge in [0, 0.05) is 37.4 Å². The average molecular weight is 357 g/mol. The fraction of sp³-hybridized carbons (Fsp3) is 0.611. The molecule has 1 heterocycles. The molecule has 1 saturated heterocycles. The second-order valence-electron chi connectivity index (χ2n) is 6.31. The number of amides is 1. The number of hydrogen-bond acceptors (Lipinski definition) is 4. The Morgan fingerprint density at radius 2 is 2.04 bits per heavy atom. The van der Waals surface area contributed by atoms with Gasteiger partial charge in [-0.3, -0.25) is 4.79 Å². The van der Waals surface area contributed by atoms with Crippen LogP contribution in [0.5, 0.6) is 5.75 Å². The maximum Gasteiger partial charge on any atom is 0.227 e. The molecule has 0 saturated carbocycles. The van der Waals surface area contributed by atoms with Crippen molar-refractivity contribution in [1.82, 2.24) is 5.32 Å². The average Bonchev–Trinajstić information content (AvgIpc) is 2.54. The molecule has 1 aromatic rings.